The van der Waals surface area contributed by atoms with Crippen LogP contribution in [-0.4, -0.2) is 24.8 Å². The van der Waals surface area contributed by atoms with Gasteiger partial charge in [-0.15, -0.1) is 0 Å². The minimum Gasteiger partial charge on any atom is -0.495 e. The lowest BCUT2D eigenvalue weighted by atomic mass is 10.2. The molecule has 2 rings (SSSR count). The van der Waals surface area contributed by atoms with Gasteiger partial charge >= 0.3 is 11.8 Å². The van der Waals surface area contributed by atoms with Crippen molar-refractivity contribution >= 4 is 40.7 Å². The Balaban J connectivity index is 2.00. The van der Waals surface area contributed by atoms with Crippen molar-refractivity contribution in [1.29, 1.82) is 0 Å². The van der Waals surface area contributed by atoms with Gasteiger partial charge in [-0.05, 0) is 42.5 Å². The second kappa shape index (κ2) is 7.47. The third-order valence-corrected chi connectivity index (χ3v) is 3.34. The van der Waals surface area contributed by atoms with Gasteiger partial charge in [0.1, 0.15) is 5.75 Å². The topological polar surface area (TPSA) is 111 Å². The third kappa shape index (κ3) is 4.23. The van der Waals surface area contributed by atoms with Gasteiger partial charge in [-0.2, -0.15) is 0 Å². The molecule has 0 atom stereocenters. The zero-order valence-electron chi connectivity index (χ0n) is 12.6. The van der Waals surface area contributed by atoms with E-state index >= 15 is 0 Å². The third-order valence-electron chi connectivity index (χ3n) is 3.04. The van der Waals surface area contributed by atoms with Gasteiger partial charge in [0.2, 0.25) is 5.91 Å². The van der Waals surface area contributed by atoms with E-state index in [2.05, 4.69) is 10.6 Å². The maximum Gasteiger partial charge on any atom is 0.314 e. The van der Waals surface area contributed by atoms with Crippen LogP contribution in [0.2, 0.25) is 5.02 Å². The number of carbonyl (C=O) groups excluding carboxylic acids is 3. The lowest BCUT2D eigenvalue weighted by molar-refractivity contribution is -0.132. The normalized spacial score (nSPS) is 9.92. The van der Waals surface area contributed by atoms with Crippen molar-refractivity contribution in [3.8, 4) is 5.75 Å². The molecule has 2 aromatic rings. The van der Waals surface area contributed by atoms with Gasteiger partial charge in [0.25, 0.3) is 0 Å². The monoisotopic (exact) mass is 347 g/mol. The number of primary amides is 1. The first-order chi connectivity index (χ1) is 11.4. The standard InChI is InChI=1S/C16H14ClN3O4/c1-24-13-7-6-11(8-12(13)17)20-16(23)15(22)19-10-4-2-9(3-5-10)14(18)21/h2-8H,1H3,(H2,18,21)(H,19,22)(H,20,23). The molecular weight excluding hydrogens is 334 g/mol. The quantitative estimate of drug-likeness (QED) is 0.735. The highest BCUT2D eigenvalue weighted by Gasteiger charge is 2.15. The molecule has 2 aromatic carbocycles. The first kappa shape index (κ1) is 17.3. The van der Waals surface area contributed by atoms with Crippen molar-refractivity contribution in [2.24, 2.45) is 5.73 Å². The first-order valence-corrected chi connectivity index (χ1v) is 7.14. The molecule has 0 bridgehead atoms. The number of hydrogen-bond acceptors (Lipinski definition) is 4. The second-order valence-electron chi connectivity index (χ2n) is 4.70. The number of nitrogens with two attached hydrogens (primary N) is 1. The van der Waals surface area contributed by atoms with Crippen LogP contribution in [0.4, 0.5) is 11.4 Å². The van der Waals surface area contributed by atoms with Crippen LogP contribution in [-0.2, 0) is 9.59 Å². The Morgan fingerprint density at radius 3 is 2.00 bits per heavy atom. The maximum absolute atomic E-state index is 11.9. The molecule has 0 radical (unpaired) electrons. The summed E-state index contributed by atoms with van der Waals surface area (Å²) in [7, 11) is 1.47. The lowest BCUT2D eigenvalue weighted by Gasteiger charge is -2.08. The number of hydrogen-bond donors (Lipinski definition) is 3. The molecule has 0 aliphatic heterocycles. The molecule has 0 unspecified atom stereocenters. The number of carbonyl (C=O) groups is 3. The minimum atomic E-state index is -0.867. The summed E-state index contributed by atoms with van der Waals surface area (Å²) < 4.78 is 5.00. The predicted octanol–water partition coefficient (Wildman–Crippen LogP) is 2.02. The zero-order valence-corrected chi connectivity index (χ0v) is 13.4. The minimum absolute atomic E-state index is 0.297. The number of halogens is 1. The van der Waals surface area contributed by atoms with Crippen molar-refractivity contribution in [1.82, 2.24) is 0 Å². The van der Waals surface area contributed by atoms with E-state index in [1.807, 2.05) is 0 Å². The fraction of sp³-hybridized carbons (Fsp3) is 0.0625. The Bertz CT molecular complexity index is 790. The first-order valence-electron chi connectivity index (χ1n) is 6.76. The van der Waals surface area contributed by atoms with Crippen LogP contribution in [0.25, 0.3) is 0 Å². The summed E-state index contributed by atoms with van der Waals surface area (Å²) in [5, 5.41) is 5.13. The smallest absolute Gasteiger partial charge is 0.314 e. The summed E-state index contributed by atoms with van der Waals surface area (Å²) in [5.74, 6) is -1.86. The molecule has 0 spiro atoms. The number of rotatable bonds is 4. The summed E-state index contributed by atoms with van der Waals surface area (Å²) in [6.07, 6.45) is 0. The molecule has 0 aliphatic rings. The summed E-state index contributed by atoms with van der Waals surface area (Å²) in [6.45, 7) is 0. The molecule has 3 amide bonds. The summed E-state index contributed by atoms with van der Waals surface area (Å²) in [6, 6.07) is 10.4. The lowest BCUT2D eigenvalue weighted by Crippen LogP contribution is -2.29. The van der Waals surface area contributed by atoms with Crippen LogP contribution in [0, 0.1) is 0 Å². The molecule has 0 heterocycles. The van der Waals surface area contributed by atoms with Crippen molar-refractivity contribution < 1.29 is 19.1 Å². The SMILES string of the molecule is COc1ccc(NC(=O)C(=O)Nc2ccc(C(N)=O)cc2)cc1Cl. The van der Waals surface area contributed by atoms with Gasteiger partial charge in [0, 0.05) is 16.9 Å². The van der Waals surface area contributed by atoms with Crippen LogP contribution in [0.3, 0.4) is 0 Å². The molecule has 0 aliphatic carbocycles. The second-order valence-corrected chi connectivity index (χ2v) is 5.11. The van der Waals surface area contributed by atoms with Crippen LogP contribution in [0.15, 0.2) is 42.5 Å². The summed E-state index contributed by atoms with van der Waals surface area (Å²) in [4.78, 5) is 34.7. The number of nitrogens with one attached hydrogen (secondary N) is 2. The van der Waals surface area contributed by atoms with Gasteiger partial charge in [0.05, 0.1) is 12.1 Å². The van der Waals surface area contributed by atoms with Gasteiger partial charge in [-0.1, -0.05) is 11.6 Å². The van der Waals surface area contributed by atoms with Gasteiger partial charge in [-0.25, -0.2) is 0 Å². The average molecular weight is 348 g/mol. The largest absolute Gasteiger partial charge is 0.495 e. The molecule has 7 nitrogen and oxygen atoms in total. The van der Waals surface area contributed by atoms with E-state index in [4.69, 9.17) is 22.1 Å². The fourth-order valence-corrected chi connectivity index (χ4v) is 2.10. The van der Waals surface area contributed by atoms with Crippen molar-refractivity contribution in [3.05, 3.63) is 53.1 Å². The van der Waals surface area contributed by atoms with Crippen LogP contribution in [0.5, 0.6) is 5.75 Å². The Labute approximate surface area is 142 Å². The highest BCUT2D eigenvalue weighted by molar-refractivity contribution is 6.43. The molecular formula is C16H14ClN3O4. The number of methoxy groups -OCH3 is 1. The highest BCUT2D eigenvalue weighted by atomic mass is 35.5. The zero-order chi connectivity index (χ0) is 17.7. The number of amides is 3. The highest BCUT2D eigenvalue weighted by Crippen LogP contribution is 2.27. The number of ether oxygens (including phenoxy) is 1. The van der Waals surface area contributed by atoms with E-state index < -0.39 is 17.7 Å². The van der Waals surface area contributed by atoms with E-state index in [1.54, 1.807) is 12.1 Å². The van der Waals surface area contributed by atoms with Gasteiger partial charge in [-0.3, -0.25) is 14.4 Å². The van der Waals surface area contributed by atoms with Gasteiger partial charge in [0.15, 0.2) is 0 Å². The van der Waals surface area contributed by atoms with E-state index in [0.717, 1.165) is 0 Å². The van der Waals surface area contributed by atoms with Crippen molar-refractivity contribution in [2.45, 2.75) is 0 Å². The Hall–Kier alpha value is -3.06. The van der Waals surface area contributed by atoms with Crippen LogP contribution >= 0.6 is 11.6 Å². The molecule has 24 heavy (non-hydrogen) atoms. The fourth-order valence-electron chi connectivity index (χ4n) is 1.84. The Morgan fingerprint density at radius 2 is 1.50 bits per heavy atom. The number of anilines is 2. The summed E-state index contributed by atoms with van der Waals surface area (Å²) >= 11 is 5.95. The molecule has 0 saturated heterocycles. The van der Waals surface area contributed by atoms with Crippen LogP contribution < -0.4 is 21.1 Å². The predicted molar refractivity (Wildman–Crippen MR) is 90.2 cm³/mol. The molecule has 4 N–H and O–H groups in total. The number of benzene rings is 2. The van der Waals surface area contributed by atoms with Crippen molar-refractivity contribution in [2.75, 3.05) is 17.7 Å². The molecule has 0 saturated carbocycles. The molecule has 124 valence electrons. The van der Waals surface area contributed by atoms with Crippen LogP contribution in [0.1, 0.15) is 10.4 Å². The van der Waals surface area contributed by atoms with Gasteiger partial charge < -0.3 is 21.1 Å². The molecule has 8 heteroatoms. The van der Waals surface area contributed by atoms with E-state index in [-0.39, 0.29) is 0 Å². The molecule has 0 aromatic heterocycles. The van der Waals surface area contributed by atoms with E-state index in [9.17, 15) is 14.4 Å². The molecule has 0 fully saturated rings. The van der Waals surface area contributed by atoms with Crippen molar-refractivity contribution in [3.63, 3.8) is 0 Å². The Kier molecular flexibility index (Phi) is 5.39. The maximum atomic E-state index is 11.9. The van der Waals surface area contributed by atoms with E-state index in [1.165, 1.54) is 37.4 Å². The van der Waals surface area contributed by atoms with E-state index in [0.29, 0.717) is 27.7 Å². The summed E-state index contributed by atoms with van der Waals surface area (Å²) in [5.41, 5.74) is 6.13. The average Bonchev–Trinajstić information content (AvgIpc) is 2.55. The Morgan fingerprint density at radius 1 is 0.958 bits per heavy atom.